The molecule has 12 heteroatoms. The number of likely N-dealkylation sites (N-methyl/N-ethyl adjacent to an activating group) is 1. The van der Waals surface area contributed by atoms with Crippen molar-refractivity contribution in [3.8, 4) is 33.5 Å². The average Bonchev–Trinajstić information content (AvgIpc) is 3.92. The lowest BCUT2D eigenvalue weighted by molar-refractivity contribution is -0.130. The number of aromatic nitrogens is 4. The number of thiophene rings is 2. The fourth-order valence-electron chi connectivity index (χ4n) is 6.59. The number of fused-ring (bicyclic) bond motifs is 2. The molecular formula is C38H43N7O3S2. The van der Waals surface area contributed by atoms with Crippen LogP contribution in [0.5, 0.6) is 0 Å². The number of carbonyl (C=O) groups is 2. The second-order valence-corrected chi connectivity index (χ2v) is 15.6. The third kappa shape index (κ3) is 6.92. The van der Waals surface area contributed by atoms with Crippen molar-refractivity contribution in [2.75, 3.05) is 26.7 Å². The van der Waals surface area contributed by atoms with Gasteiger partial charge >= 0.3 is 6.09 Å². The molecule has 1 aliphatic rings. The van der Waals surface area contributed by atoms with Gasteiger partial charge in [0.25, 0.3) is 0 Å². The lowest BCUT2D eigenvalue weighted by Crippen LogP contribution is -2.37. The normalized spacial score (nSPS) is 15.0. The second kappa shape index (κ2) is 14.0. The summed E-state index contributed by atoms with van der Waals surface area (Å²) in [4.78, 5) is 45.5. The molecule has 6 aromatic rings. The highest BCUT2D eigenvalue weighted by atomic mass is 32.1. The summed E-state index contributed by atoms with van der Waals surface area (Å²) in [5.41, 5.74) is 8.04. The van der Waals surface area contributed by atoms with Crippen LogP contribution in [0.25, 0.3) is 53.9 Å². The monoisotopic (exact) mass is 709 g/mol. The van der Waals surface area contributed by atoms with Crippen LogP contribution in [0.3, 0.4) is 0 Å². The molecular weight excluding hydrogens is 667 g/mol. The van der Waals surface area contributed by atoms with Gasteiger partial charge in [-0.15, -0.1) is 22.7 Å². The van der Waals surface area contributed by atoms with Crippen LogP contribution >= 0.6 is 22.7 Å². The molecule has 0 radical (unpaired) electrons. The topological polar surface area (TPSA) is 119 Å². The van der Waals surface area contributed by atoms with E-state index in [0.717, 1.165) is 58.8 Å². The van der Waals surface area contributed by atoms with Gasteiger partial charge in [-0.25, -0.2) is 14.8 Å². The maximum absolute atomic E-state index is 12.9. The summed E-state index contributed by atoms with van der Waals surface area (Å²) in [6.07, 6.45) is 4.23. The van der Waals surface area contributed by atoms with Crippen molar-refractivity contribution in [3.05, 3.63) is 71.1 Å². The summed E-state index contributed by atoms with van der Waals surface area (Å²) in [6, 6.07) is 14.8. The summed E-state index contributed by atoms with van der Waals surface area (Å²) in [6.45, 7) is 9.89. The van der Waals surface area contributed by atoms with Gasteiger partial charge in [-0.1, -0.05) is 37.3 Å². The fourth-order valence-corrected chi connectivity index (χ4v) is 9.05. The number of nitrogens with one attached hydrogen (secondary N) is 3. The summed E-state index contributed by atoms with van der Waals surface area (Å²) < 4.78 is 8.22. The third-order valence-electron chi connectivity index (χ3n) is 8.94. The molecule has 3 N–H and O–H groups in total. The number of aromatic amines is 2. The van der Waals surface area contributed by atoms with Crippen molar-refractivity contribution >= 4 is 55.1 Å². The number of likely N-dealkylation sites (tertiary alicyclic amines) is 1. The van der Waals surface area contributed by atoms with Crippen molar-refractivity contribution in [2.24, 2.45) is 0 Å². The zero-order valence-corrected chi connectivity index (χ0v) is 30.8. The number of hydrogen-bond acceptors (Lipinski definition) is 8. The molecule has 10 nitrogen and oxygen atoms in total. The van der Waals surface area contributed by atoms with E-state index in [0.29, 0.717) is 26.2 Å². The highest BCUT2D eigenvalue weighted by Crippen LogP contribution is 2.44. The Bertz CT molecular complexity index is 2140. The van der Waals surface area contributed by atoms with E-state index in [1.165, 1.54) is 26.1 Å². The highest BCUT2D eigenvalue weighted by molar-refractivity contribution is 7.27. The number of imidazole rings is 2. The molecule has 1 saturated heterocycles. The first-order valence-corrected chi connectivity index (χ1v) is 18.9. The highest BCUT2D eigenvalue weighted by Gasteiger charge is 2.35. The largest absolute Gasteiger partial charge is 0.444 e. The molecule has 1 fully saturated rings. The minimum absolute atomic E-state index is 0.0685. The molecule has 1 aliphatic heterocycles. The van der Waals surface area contributed by atoms with E-state index < -0.39 is 5.60 Å². The van der Waals surface area contributed by atoms with Gasteiger partial charge in [0.05, 0.1) is 51.5 Å². The van der Waals surface area contributed by atoms with Gasteiger partial charge in [0.2, 0.25) is 5.91 Å². The van der Waals surface area contributed by atoms with Gasteiger partial charge in [-0.05, 0) is 75.9 Å². The Morgan fingerprint density at radius 3 is 2.42 bits per heavy atom. The van der Waals surface area contributed by atoms with Crippen LogP contribution in [0.2, 0.25) is 0 Å². The molecule has 50 heavy (non-hydrogen) atoms. The van der Waals surface area contributed by atoms with Gasteiger partial charge < -0.3 is 24.9 Å². The Morgan fingerprint density at radius 2 is 1.72 bits per heavy atom. The third-order valence-corrected chi connectivity index (χ3v) is 11.1. The van der Waals surface area contributed by atoms with E-state index in [9.17, 15) is 9.59 Å². The first kappa shape index (κ1) is 34.0. The standard InChI is InChI=1S/C38H43N7O3S2/c1-6-15-44(33(46)19-39-5)20-32-40-18-30(41-32)24-11-9-23(10-12-24)26-21-49-35-27(22-50-34(26)35)25-13-14-28-29(17-25)43-36(42-28)31-8-7-16-45(31)37(47)48-38(2,3)4/h9-14,17-18,21-22,31,39H,6-8,15-16,19-20H2,1-5H3,(H,40,41)(H,42,43). The molecule has 2 amide bonds. The molecule has 260 valence electrons. The number of benzene rings is 2. The molecule has 4 aromatic heterocycles. The van der Waals surface area contributed by atoms with Crippen LogP contribution in [0.4, 0.5) is 4.79 Å². The van der Waals surface area contributed by atoms with Crippen molar-refractivity contribution in [3.63, 3.8) is 0 Å². The Morgan fingerprint density at radius 1 is 1.02 bits per heavy atom. The van der Waals surface area contributed by atoms with E-state index in [1.807, 2.05) is 31.9 Å². The van der Waals surface area contributed by atoms with Crippen molar-refractivity contribution in [1.29, 1.82) is 0 Å². The van der Waals surface area contributed by atoms with Crippen LogP contribution in [-0.4, -0.2) is 74.0 Å². The first-order valence-electron chi connectivity index (χ1n) is 17.2. The number of rotatable bonds is 10. The summed E-state index contributed by atoms with van der Waals surface area (Å²) in [5.74, 6) is 1.65. The Labute approximate surface area is 299 Å². The number of carbonyl (C=O) groups excluding carboxylic acids is 2. The SMILES string of the molecule is CCCN(Cc1ncc(-c2ccc(-c3csc4c(-c5ccc6nc(C7CCCN7C(=O)OC(C)(C)C)[nH]c6c5)csc34)cc2)[nH]1)C(=O)CNC. The number of amides is 2. The van der Waals surface area contributed by atoms with Crippen LogP contribution in [0.1, 0.15) is 64.6 Å². The maximum Gasteiger partial charge on any atom is 0.410 e. The maximum atomic E-state index is 12.9. The minimum Gasteiger partial charge on any atom is -0.444 e. The van der Waals surface area contributed by atoms with Gasteiger partial charge in [0.15, 0.2) is 0 Å². The summed E-state index contributed by atoms with van der Waals surface area (Å²) >= 11 is 3.54. The van der Waals surface area contributed by atoms with Crippen molar-refractivity contribution in [2.45, 2.75) is 65.1 Å². The van der Waals surface area contributed by atoms with E-state index in [2.05, 4.69) is 80.4 Å². The zero-order chi connectivity index (χ0) is 35.0. The van der Waals surface area contributed by atoms with Crippen LogP contribution in [0, 0.1) is 0 Å². The van der Waals surface area contributed by atoms with E-state index >= 15 is 0 Å². The molecule has 0 bridgehead atoms. The van der Waals surface area contributed by atoms with Gasteiger partial charge in [-0.3, -0.25) is 9.69 Å². The molecule has 2 aromatic carbocycles. The predicted molar refractivity (Wildman–Crippen MR) is 202 cm³/mol. The average molecular weight is 710 g/mol. The van der Waals surface area contributed by atoms with E-state index in [-0.39, 0.29) is 18.0 Å². The predicted octanol–water partition coefficient (Wildman–Crippen LogP) is 8.59. The first-order chi connectivity index (χ1) is 24.1. The molecule has 0 spiro atoms. The molecule has 0 aliphatic carbocycles. The summed E-state index contributed by atoms with van der Waals surface area (Å²) in [5, 5.41) is 7.44. The number of H-pyrrole nitrogens is 2. The molecule has 0 saturated carbocycles. The second-order valence-electron chi connectivity index (χ2n) is 13.8. The van der Waals surface area contributed by atoms with Crippen molar-refractivity contribution in [1.82, 2.24) is 35.1 Å². The van der Waals surface area contributed by atoms with Gasteiger partial charge in [-0.2, -0.15) is 0 Å². The molecule has 1 unspecified atom stereocenters. The van der Waals surface area contributed by atoms with E-state index in [4.69, 9.17) is 9.72 Å². The Balaban J connectivity index is 1.08. The number of nitrogens with zero attached hydrogens (tertiary/aromatic N) is 4. The lowest BCUT2D eigenvalue weighted by atomic mass is 10.0. The smallest absolute Gasteiger partial charge is 0.410 e. The number of ether oxygens (including phenoxy) is 1. The van der Waals surface area contributed by atoms with Gasteiger partial charge in [0.1, 0.15) is 17.2 Å². The van der Waals surface area contributed by atoms with Crippen LogP contribution < -0.4 is 5.32 Å². The molecule has 1 atom stereocenters. The van der Waals surface area contributed by atoms with Crippen molar-refractivity contribution < 1.29 is 14.3 Å². The minimum atomic E-state index is -0.540. The Kier molecular flexibility index (Phi) is 9.51. The Hall–Kier alpha value is -4.52. The lowest BCUT2D eigenvalue weighted by Gasteiger charge is -2.27. The molecule has 5 heterocycles. The van der Waals surface area contributed by atoms with E-state index in [1.54, 1.807) is 34.6 Å². The van der Waals surface area contributed by atoms with Gasteiger partial charge in [0, 0.05) is 35.0 Å². The van der Waals surface area contributed by atoms with Crippen LogP contribution in [-0.2, 0) is 16.1 Å². The fraction of sp³-hybridized carbons (Fsp3) is 0.368. The zero-order valence-electron chi connectivity index (χ0n) is 29.1. The number of hydrogen-bond donors (Lipinski definition) is 3. The summed E-state index contributed by atoms with van der Waals surface area (Å²) in [7, 11) is 1.78. The van der Waals surface area contributed by atoms with Crippen LogP contribution in [0.15, 0.2) is 59.4 Å². The molecule has 7 rings (SSSR count). The quantitative estimate of drug-likeness (QED) is 0.131.